The lowest BCUT2D eigenvalue weighted by Gasteiger charge is -2.32. The van der Waals surface area contributed by atoms with Crippen LogP contribution in [0.4, 0.5) is 0 Å². The van der Waals surface area contributed by atoms with Gasteiger partial charge in [-0.25, -0.2) is 0 Å². The molecule has 1 saturated carbocycles. The minimum Gasteiger partial charge on any atom is -0.481 e. The highest BCUT2D eigenvalue weighted by atomic mass is 16.4. The molecule has 1 rings (SSSR count). The molecule has 1 unspecified atom stereocenters. The van der Waals surface area contributed by atoms with Gasteiger partial charge in [-0.2, -0.15) is 0 Å². The van der Waals surface area contributed by atoms with E-state index in [9.17, 15) is 19.5 Å². The number of hydrogen-bond acceptors (Lipinski definition) is 3. The van der Waals surface area contributed by atoms with Gasteiger partial charge in [0.2, 0.25) is 5.91 Å². The van der Waals surface area contributed by atoms with Crippen molar-refractivity contribution in [1.82, 2.24) is 5.32 Å². The minimum atomic E-state index is -1.13. The van der Waals surface area contributed by atoms with Gasteiger partial charge in [0.25, 0.3) is 0 Å². The van der Waals surface area contributed by atoms with E-state index < -0.39 is 29.3 Å². The molecule has 0 radical (unpaired) electrons. The zero-order valence-electron chi connectivity index (χ0n) is 10.4. The lowest BCUT2D eigenvalue weighted by Crippen LogP contribution is -2.43. The average Bonchev–Trinajstić information content (AvgIpc) is 2.29. The van der Waals surface area contributed by atoms with Crippen LogP contribution in [0.25, 0.3) is 0 Å². The van der Waals surface area contributed by atoms with Crippen LogP contribution in [0, 0.1) is 5.41 Å². The number of rotatable bonds is 5. The van der Waals surface area contributed by atoms with Crippen LogP contribution in [0.1, 0.15) is 45.4 Å². The summed E-state index contributed by atoms with van der Waals surface area (Å²) in [7, 11) is 0. The van der Waals surface area contributed by atoms with Crippen LogP contribution < -0.4 is 5.32 Å². The monoisotopic (exact) mass is 257 g/mol. The second-order valence-corrected chi connectivity index (χ2v) is 4.95. The van der Waals surface area contributed by atoms with Crippen molar-refractivity contribution in [3.05, 3.63) is 0 Å². The Morgan fingerprint density at radius 1 is 1.17 bits per heavy atom. The van der Waals surface area contributed by atoms with Gasteiger partial charge >= 0.3 is 11.9 Å². The molecule has 6 heteroatoms. The van der Waals surface area contributed by atoms with Crippen LogP contribution in [0.3, 0.4) is 0 Å². The lowest BCUT2D eigenvalue weighted by molar-refractivity contribution is -0.154. The molecule has 0 aromatic carbocycles. The Kier molecular flexibility index (Phi) is 4.69. The number of carbonyl (C=O) groups excluding carboxylic acids is 1. The van der Waals surface area contributed by atoms with Gasteiger partial charge in [0.15, 0.2) is 0 Å². The topological polar surface area (TPSA) is 104 Å². The zero-order chi connectivity index (χ0) is 13.8. The van der Waals surface area contributed by atoms with Crippen molar-refractivity contribution in [1.29, 1.82) is 0 Å². The third-order valence-corrected chi connectivity index (χ3v) is 3.51. The number of carboxylic acids is 2. The molecule has 1 aliphatic rings. The molecule has 0 bridgehead atoms. The molecule has 1 atom stereocenters. The highest BCUT2D eigenvalue weighted by Crippen LogP contribution is 2.39. The maximum Gasteiger partial charge on any atom is 0.325 e. The first-order valence-corrected chi connectivity index (χ1v) is 6.13. The third-order valence-electron chi connectivity index (χ3n) is 3.51. The lowest BCUT2D eigenvalue weighted by atomic mass is 9.71. The molecule has 6 nitrogen and oxygen atoms in total. The van der Waals surface area contributed by atoms with Gasteiger partial charge < -0.3 is 15.5 Å². The van der Waals surface area contributed by atoms with Gasteiger partial charge in [0.1, 0.15) is 6.04 Å². The molecule has 0 heterocycles. The van der Waals surface area contributed by atoms with Gasteiger partial charge in [-0.05, 0) is 19.8 Å². The molecule has 18 heavy (non-hydrogen) atoms. The molecular formula is C12H19NO5. The van der Waals surface area contributed by atoms with Crippen molar-refractivity contribution in [3.63, 3.8) is 0 Å². The van der Waals surface area contributed by atoms with Gasteiger partial charge in [-0.1, -0.05) is 19.3 Å². The molecule has 0 spiro atoms. The molecule has 1 aliphatic carbocycles. The molecule has 1 fully saturated rings. The Bertz CT molecular complexity index is 346. The number of nitrogens with one attached hydrogen (secondary N) is 1. The van der Waals surface area contributed by atoms with Crippen LogP contribution in [0.2, 0.25) is 0 Å². The number of hydrogen-bond donors (Lipinski definition) is 3. The number of carbonyl (C=O) groups is 3. The van der Waals surface area contributed by atoms with Gasteiger partial charge in [0.05, 0.1) is 5.41 Å². The molecular weight excluding hydrogens is 238 g/mol. The van der Waals surface area contributed by atoms with Crippen LogP contribution >= 0.6 is 0 Å². The highest BCUT2D eigenvalue weighted by Gasteiger charge is 2.41. The summed E-state index contributed by atoms with van der Waals surface area (Å²) in [6.45, 7) is 1.36. The maximum absolute atomic E-state index is 11.7. The second kappa shape index (κ2) is 5.84. The van der Waals surface area contributed by atoms with E-state index in [2.05, 4.69) is 5.32 Å². The Balaban J connectivity index is 2.64. The summed E-state index contributed by atoms with van der Waals surface area (Å²) in [6, 6.07) is -0.994. The zero-order valence-corrected chi connectivity index (χ0v) is 10.4. The van der Waals surface area contributed by atoms with Gasteiger partial charge in [-0.3, -0.25) is 14.4 Å². The van der Waals surface area contributed by atoms with Crippen molar-refractivity contribution >= 4 is 17.8 Å². The summed E-state index contributed by atoms with van der Waals surface area (Å²) in [5.41, 5.74) is -1.01. The number of carboxylic acid groups (broad SMARTS) is 2. The normalized spacial score (nSPS) is 19.8. The summed E-state index contributed by atoms with van der Waals surface area (Å²) in [5, 5.41) is 20.3. The molecule has 0 aromatic rings. The average molecular weight is 257 g/mol. The molecule has 1 amide bonds. The van der Waals surface area contributed by atoms with E-state index in [4.69, 9.17) is 5.11 Å². The fourth-order valence-corrected chi connectivity index (χ4v) is 2.36. The minimum absolute atomic E-state index is 0.139. The fraction of sp³-hybridized carbons (Fsp3) is 0.750. The Labute approximate surface area is 105 Å². The number of amides is 1. The predicted octanol–water partition coefficient (Wildman–Crippen LogP) is 1.00. The van der Waals surface area contributed by atoms with Crippen molar-refractivity contribution in [2.45, 2.75) is 51.5 Å². The third kappa shape index (κ3) is 3.45. The summed E-state index contributed by atoms with van der Waals surface area (Å²) < 4.78 is 0. The first kappa shape index (κ1) is 14.5. The molecule has 102 valence electrons. The van der Waals surface area contributed by atoms with Gasteiger partial charge in [-0.15, -0.1) is 0 Å². The molecule has 3 N–H and O–H groups in total. The first-order chi connectivity index (χ1) is 8.37. The van der Waals surface area contributed by atoms with E-state index >= 15 is 0 Å². The summed E-state index contributed by atoms with van der Waals surface area (Å²) >= 11 is 0. The summed E-state index contributed by atoms with van der Waals surface area (Å²) in [4.78, 5) is 33.6. The van der Waals surface area contributed by atoms with Crippen molar-refractivity contribution in [2.24, 2.45) is 5.41 Å². The van der Waals surface area contributed by atoms with E-state index in [0.717, 1.165) is 19.3 Å². The predicted molar refractivity (Wildman–Crippen MR) is 63.0 cm³/mol. The van der Waals surface area contributed by atoms with Crippen LogP contribution in [-0.2, 0) is 14.4 Å². The van der Waals surface area contributed by atoms with Crippen LogP contribution in [-0.4, -0.2) is 34.1 Å². The first-order valence-electron chi connectivity index (χ1n) is 6.13. The summed E-state index contributed by atoms with van der Waals surface area (Å²) in [6.07, 6.45) is 3.42. The second-order valence-electron chi connectivity index (χ2n) is 4.95. The van der Waals surface area contributed by atoms with Crippen molar-refractivity contribution < 1.29 is 24.6 Å². The SMILES string of the molecule is CC(NC(=O)CC1(C(=O)O)CCCCC1)C(=O)O. The van der Waals surface area contributed by atoms with Crippen LogP contribution in [0.5, 0.6) is 0 Å². The van der Waals surface area contributed by atoms with E-state index in [1.54, 1.807) is 0 Å². The highest BCUT2D eigenvalue weighted by molar-refractivity contribution is 5.87. The molecule has 0 aliphatic heterocycles. The van der Waals surface area contributed by atoms with Crippen molar-refractivity contribution in [2.75, 3.05) is 0 Å². The summed E-state index contributed by atoms with van der Waals surface area (Å²) in [5.74, 6) is -2.59. The maximum atomic E-state index is 11.7. The molecule has 0 aromatic heterocycles. The fourth-order valence-electron chi connectivity index (χ4n) is 2.36. The van der Waals surface area contributed by atoms with E-state index in [-0.39, 0.29) is 6.42 Å². The Morgan fingerprint density at radius 3 is 2.17 bits per heavy atom. The smallest absolute Gasteiger partial charge is 0.325 e. The standard InChI is InChI=1S/C12H19NO5/c1-8(10(15)16)13-9(14)7-12(11(17)18)5-3-2-4-6-12/h8H,2-7H2,1H3,(H,13,14)(H,15,16)(H,17,18). The van der Waals surface area contributed by atoms with Crippen molar-refractivity contribution in [3.8, 4) is 0 Å². The van der Waals surface area contributed by atoms with E-state index in [1.165, 1.54) is 6.92 Å². The Morgan fingerprint density at radius 2 is 1.72 bits per heavy atom. The molecule has 0 saturated heterocycles. The van der Waals surface area contributed by atoms with E-state index in [0.29, 0.717) is 12.8 Å². The van der Waals surface area contributed by atoms with E-state index in [1.807, 2.05) is 0 Å². The quantitative estimate of drug-likeness (QED) is 0.681. The van der Waals surface area contributed by atoms with Crippen LogP contribution in [0.15, 0.2) is 0 Å². The Hall–Kier alpha value is -1.59. The van der Waals surface area contributed by atoms with Gasteiger partial charge in [0, 0.05) is 6.42 Å². The number of aliphatic carboxylic acids is 2. The largest absolute Gasteiger partial charge is 0.481 e.